The summed E-state index contributed by atoms with van der Waals surface area (Å²) in [6.07, 6.45) is -1.92. The minimum absolute atomic E-state index is 0.00755. The SMILES string of the molecule is CC(C)c1c(C(=O)Nc2ccc(OC(C)(C)CCOC(C)(C)CCNC(=O)COc3cccc4c3C(=O)N(C3CCC(=O)NC3=O)C4=O)cc2)c(-c2ccccc2)c(-c2ccc(F)cc2)n1CC[C@@H](O)C[C@@H](O)CC(=O)O. The molecule has 2 aliphatic rings. The van der Waals surface area contributed by atoms with E-state index in [-0.39, 0.29) is 61.6 Å². The van der Waals surface area contributed by atoms with Crippen LogP contribution in [0.5, 0.6) is 11.5 Å². The van der Waals surface area contributed by atoms with E-state index in [2.05, 4.69) is 16.0 Å². The first kappa shape index (κ1) is 57.0. The number of carbonyl (C=O) groups is 7. The van der Waals surface area contributed by atoms with Crippen LogP contribution in [-0.2, 0) is 30.5 Å². The molecule has 1 fully saturated rings. The first-order valence-electron chi connectivity index (χ1n) is 25.7. The van der Waals surface area contributed by atoms with Crippen LogP contribution in [0.2, 0.25) is 0 Å². The van der Waals surface area contributed by atoms with Crippen LogP contribution in [0, 0.1) is 5.82 Å². The van der Waals surface area contributed by atoms with Crippen molar-refractivity contribution in [1.29, 1.82) is 0 Å². The lowest BCUT2D eigenvalue weighted by molar-refractivity contribution is -0.140. The van der Waals surface area contributed by atoms with Gasteiger partial charge in [0.15, 0.2) is 6.61 Å². The number of benzene rings is 4. The van der Waals surface area contributed by atoms with Gasteiger partial charge in [0.05, 0.1) is 53.2 Å². The monoisotopic (exact) mass is 1060 g/mol. The zero-order valence-electron chi connectivity index (χ0n) is 44.0. The molecule has 1 saturated heterocycles. The number of carboxylic acids is 1. The fraction of sp³-hybridized carbons (Fsp3) is 0.397. The van der Waals surface area contributed by atoms with Gasteiger partial charge < -0.3 is 44.7 Å². The van der Waals surface area contributed by atoms with Crippen molar-refractivity contribution < 1.29 is 67.5 Å². The second-order valence-corrected chi connectivity index (χ2v) is 20.8. The van der Waals surface area contributed by atoms with Crippen molar-refractivity contribution in [2.45, 2.75) is 128 Å². The van der Waals surface area contributed by atoms with Gasteiger partial charge in [-0.05, 0) is 131 Å². The molecule has 0 radical (unpaired) electrons. The zero-order valence-corrected chi connectivity index (χ0v) is 44.0. The summed E-state index contributed by atoms with van der Waals surface area (Å²) in [5.74, 6) is -4.78. The molecule has 4 aromatic carbocycles. The van der Waals surface area contributed by atoms with Crippen LogP contribution in [0.15, 0.2) is 97.1 Å². The summed E-state index contributed by atoms with van der Waals surface area (Å²) in [4.78, 5) is 90.3. The highest BCUT2D eigenvalue weighted by Crippen LogP contribution is 2.43. The Kier molecular flexibility index (Phi) is 18.1. The number of hydrogen-bond acceptors (Lipinski definition) is 12. The number of carbonyl (C=O) groups excluding carboxylic acids is 6. The molecule has 7 rings (SSSR count). The summed E-state index contributed by atoms with van der Waals surface area (Å²) in [6, 6.07) is 25.6. The Morgan fingerprint density at radius 2 is 1.52 bits per heavy atom. The van der Waals surface area contributed by atoms with Gasteiger partial charge >= 0.3 is 5.97 Å². The number of rotatable bonds is 25. The van der Waals surface area contributed by atoms with Gasteiger partial charge in [-0.25, -0.2) is 4.39 Å². The predicted octanol–water partition coefficient (Wildman–Crippen LogP) is 7.64. The number of ether oxygens (including phenoxy) is 3. The van der Waals surface area contributed by atoms with Crippen LogP contribution in [-0.4, -0.2) is 115 Å². The van der Waals surface area contributed by atoms with Crippen molar-refractivity contribution in [3.8, 4) is 33.9 Å². The lowest BCUT2D eigenvalue weighted by Gasteiger charge is -2.30. The van der Waals surface area contributed by atoms with E-state index in [1.807, 2.05) is 76.4 Å². The van der Waals surface area contributed by atoms with Gasteiger partial charge in [0.25, 0.3) is 23.6 Å². The molecule has 1 unspecified atom stereocenters. The number of amides is 6. The van der Waals surface area contributed by atoms with Gasteiger partial charge in [0.1, 0.15) is 29.0 Å². The lowest BCUT2D eigenvalue weighted by atomic mass is 9.94. The predicted molar refractivity (Wildman–Crippen MR) is 283 cm³/mol. The third-order valence-electron chi connectivity index (χ3n) is 13.4. The average molecular weight is 1060 g/mol. The van der Waals surface area contributed by atoms with Crippen molar-refractivity contribution in [3.05, 3.63) is 125 Å². The molecule has 1 aromatic heterocycles. The molecule has 2 aliphatic heterocycles. The average Bonchev–Trinajstić information content (AvgIpc) is 3.94. The van der Waals surface area contributed by atoms with E-state index in [1.54, 1.807) is 36.4 Å². The van der Waals surface area contributed by atoms with Crippen molar-refractivity contribution in [1.82, 2.24) is 20.1 Å². The number of aromatic nitrogens is 1. The Bertz CT molecular complexity index is 2990. The molecular weight excluding hydrogens is 994 g/mol. The topological polar surface area (TPSA) is 252 Å². The minimum atomic E-state index is -1.25. The molecule has 408 valence electrons. The lowest BCUT2D eigenvalue weighted by Crippen LogP contribution is -2.54. The van der Waals surface area contributed by atoms with Crippen LogP contribution in [0.4, 0.5) is 10.1 Å². The molecule has 77 heavy (non-hydrogen) atoms. The highest BCUT2D eigenvalue weighted by atomic mass is 19.1. The van der Waals surface area contributed by atoms with Gasteiger partial charge in [-0.1, -0.05) is 50.2 Å². The third-order valence-corrected chi connectivity index (χ3v) is 13.4. The first-order valence-corrected chi connectivity index (χ1v) is 25.7. The standard InChI is InChI=1S/C58H66FN5O13/c1-34(2)51-50(48(35-11-8-7-9-12-35)52(36-15-17-37(59)18-16-36)63(51)29-25-39(65)31-40(66)32-47(69)70)54(72)61-38-19-21-41(22-20-38)77-58(5,6)27-30-76-57(3,4)26-28-60-46(68)33-75-44-14-10-13-42-49(44)56(74)64(55(42)73)43-23-24-45(67)62-53(43)71/h7-22,34,39-40,43,65-66H,23-33H2,1-6H3,(H,60,68)(H,61,72)(H,69,70)(H,62,67,71)/t39-,40-,43?/m1/s1. The Morgan fingerprint density at radius 1 is 0.818 bits per heavy atom. The van der Waals surface area contributed by atoms with Crippen LogP contribution < -0.4 is 25.4 Å². The number of hydrogen-bond donors (Lipinski definition) is 6. The maximum absolute atomic E-state index is 14.8. The quantitative estimate of drug-likeness (QED) is 0.0308. The van der Waals surface area contributed by atoms with Crippen molar-refractivity contribution >= 4 is 47.1 Å². The molecule has 6 N–H and O–H groups in total. The van der Waals surface area contributed by atoms with E-state index in [1.165, 1.54) is 30.3 Å². The molecule has 3 atom stereocenters. The minimum Gasteiger partial charge on any atom is -0.488 e. The summed E-state index contributed by atoms with van der Waals surface area (Å²) in [5, 5.41) is 38.4. The second kappa shape index (κ2) is 24.5. The van der Waals surface area contributed by atoms with E-state index in [0.717, 1.165) is 10.5 Å². The fourth-order valence-corrected chi connectivity index (χ4v) is 9.60. The zero-order chi connectivity index (χ0) is 55.8. The Hall–Kier alpha value is -7.74. The molecule has 0 aliphatic carbocycles. The van der Waals surface area contributed by atoms with Crippen LogP contribution in [0.25, 0.3) is 22.4 Å². The van der Waals surface area contributed by atoms with Gasteiger partial charge in [-0.15, -0.1) is 0 Å². The van der Waals surface area contributed by atoms with Gasteiger partial charge in [-0.2, -0.15) is 0 Å². The number of aliphatic hydroxyl groups is 2. The smallest absolute Gasteiger partial charge is 0.305 e. The number of halogens is 1. The van der Waals surface area contributed by atoms with Gasteiger partial charge in [0.2, 0.25) is 11.8 Å². The number of nitrogens with one attached hydrogen (secondary N) is 3. The van der Waals surface area contributed by atoms with E-state index in [4.69, 9.17) is 19.3 Å². The second-order valence-electron chi connectivity index (χ2n) is 20.8. The molecule has 0 bridgehead atoms. The number of anilines is 1. The molecule has 3 heterocycles. The number of piperidine rings is 1. The van der Waals surface area contributed by atoms with Crippen molar-refractivity contribution in [2.75, 3.05) is 25.1 Å². The number of nitrogens with zero attached hydrogens (tertiary/aromatic N) is 2. The number of carboxylic acid groups (broad SMARTS) is 1. The number of imide groups is 2. The Morgan fingerprint density at radius 3 is 2.18 bits per heavy atom. The van der Waals surface area contributed by atoms with Crippen molar-refractivity contribution in [3.63, 3.8) is 0 Å². The fourth-order valence-electron chi connectivity index (χ4n) is 9.60. The number of fused-ring (bicyclic) bond motifs is 1. The third kappa shape index (κ3) is 14.2. The van der Waals surface area contributed by atoms with Crippen LogP contribution in [0.1, 0.15) is 129 Å². The molecule has 18 nitrogen and oxygen atoms in total. The number of aliphatic hydroxyl groups excluding tert-OH is 2. The van der Waals surface area contributed by atoms with Crippen molar-refractivity contribution in [2.24, 2.45) is 0 Å². The van der Waals surface area contributed by atoms with E-state index in [0.29, 0.717) is 59.0 Å². The maximum atomic E-state index is 14.8. The molecule has 5 aromatic rings. The van der Waals surface area contributed by atoms with Gasteiger partial charge in [0, 0.05) is 42.9 Å². The molecule has 6 amide bonds. The van der Waals surface area contributed by atoms with Crippen LogP contribution in [0.3, 0.4) is 0 Å². The summed E-state index contributed by atoms with van der Waals surface area (Å²) in [5.41, 5.74) is 2.80. The highest BCUT2D eigenvalue weighted by molar-refractivity contribution is 6.24. The van der Waals surface area contributed by atoms with E-state index >= 15 is 0 Å². The normalized spacial score (nSPS) is 15.5. The first-order chi connectivity index (χ1) is 36.5. The molecule has 0 saturated carbocycles. The summed E-state index contributed by atoms with van der Waals surface area (Å²) in [6.45, 7) is 11.9. The number of aliphatic carboxylic acids is 1. The van der Waals surface area contributed by atoms with E-state index < -0.39 is 89.7 Å². The summed E-state index contributed by atoms with van der Waals surface area (Å²) >= 11 is 0. The molecule has 0 spiro atoms. The van der Waals surface area contributed by atoms with E-state index in [9.17, 15) is 48.2 Å². The van der Waals surface area contributed by atoms with Crippen LogP contribution >= 0.6 is 0 Å². The summed E-state index contributed by atoms with van der Waals surface area (Å²) < 4.78 is 34.7. The molecular formula is C58H66FN5O13. The Labute approximate surface area is 445 Å². The highest BCUT2D eigenvalue weighted by Gasteiger charge is 2.46. The molecule has 19 heteroatoms. The summed E-state index contributed by atoms with van der Waals surface area (Å²) in [7, 11) is 0. The largest absolute Gasteiger partial charge is 0.488 e. The Balaban J connectivity index is 0.944. The van der Waals surface area contributed by atoms with Gasteiger partial charge in [-0.3, -0.25) is 43.8 Å². The maximum Gasteiger partial charge on any atom is 0.305 e.